The quantitative estimate of drug-likeness (QED) is 0.846. The van der Waals surface area contributed by atoms with Crippen molar-refractivity contribution in [2.45, 2.75) is 33.2 Å². The maximum atomic E-state index is 4.83. The Morgan fingerprint density at radius 1 is 1.37 bits per heavy atom. The van der Waals surface area contributed by atoms with E-state index in [1.54, 1.807) is 11.3 Å². The zero-order valence-corrected chi connectivity index (χ0v) is 13.9. The Bertz CT molecular complexity index is 549. The number of nitrogens with zero attached hydrogens (tertiary/aromatic N) is 1. The smallest absolute Gasteiger partial charge is 0.123 e. The molecule has 2 aromatic rings. The maximum Gasteiger partial charge on any atom is 0.123 e. The molecule has 0 spiro atoms. The lowest BCUT2D eigenvalue weighted by Gasteiger charge is -2.04. The summed E-state index contributed by atoms with van der Waals surface area (Å²) in [6.45, 7) is 8.44. The van der Waals surface area contributed by atoms with Gasteiger partial charge >= 0.3 is 0 Å². The van der Waals surface area contributed by atoms with E-state index in [1.165, 1.54) is 16.1 Å². The van der Waals surface area contributed by atoms with Crippen LogP contribution in [0.5, 0.6) is 0 Å². The van der Waals surface area contributed by atoms with E-state index in [-0.39, 0.29) is 0 Å². The predicted molar refractivity (Wildman–Crippen MR) is 86.7 cm³/mol. The molecule has 0 fully saturated rings. The second-order valence-electron chi connectivity index (χ2n) is 4.77. The van der Waals surface area contributed by atoms with Gasteiger partial charge in [-0.25, -0.2) is 4.98 Å². The van der Waals surface area contributed by atoms with Gasteiger partial charge in [0.2, 0.25) is 0 Å². The van der Waals surface area contributed by atoms with Crippen LogP contribution in [-0.4, -0.2) is 11.5 Å². The summed E-state index contributed by atoms with van der Waals surface area (Å²) < 4.78 is 1.10. The lowest BCUT2D eigenvalue weighted by molar-refractivity contribution is 0.714. The van der Waals surface area contributed by atoms with Gasteiger partial charge in [-0.15, -0.1) is 11.3 Å². The first-order chi connectivity index (χ1) is 9.11. The average molecular weight is 339 g/mol. The van der Waals surface area contributed by atoms with Crippen LogP contribution < -0.4 is 5.32 Å². The normalized spacial score (nSPS) is 11.2. The minimum absolute atomic E-state index is 0.464. The molecule has 0 radical (unpaired) electrons. The Kier molecular flexibility index (Phi) is 5.13. The molecule has 0 aliphatic carbocycles. The number of nitrogens with one attached hydrogen (secondary N) is 1. The molecule has 0 amide bonds. The van der Waals surface area contributed by atoms with Crippen molar-refractivity contribution >= 4 is 27.3 Å². The number of hydrogen-bond acceptors (Lipinski definition) is 3. The molecule has 0 aliphatic heterocycles. The fraction of sp³-hybridized carbons (Fsp3) is 0.400. The van der Waals surface area contributed by atoms with Crippen molar-refractivity contribution < 1.29 is 0 Å². The molecule has 0 atom stereocenters. The number of hydrogen-bond donors (Lipinski definition) is 1. The summed E-state index contributed by atoms with van der Waals surface area (Å²) >= 11 is 5.32. The van der Waals surface area contributed by atoms with Crippen LogP contribution in [0.4, 0.5) is 0 Å². The Hall–Kier alpha value is -0.710. The summed E-state index contributed by atoms with van der Waals surface area (Å²) in [6.07, 6.45) is 0. The highest BCUT2D eigenvalue weighted by molar-refractivity contribution is 9.10. The van der Waals surface area contributed by atoms with Gasteiger partial charge in [0.1, 0.15) is 5.01 Å². The van der Waals surface area contributed by atoms with Crippen molar-refractivity contribution in [2.24, 2.45) is 0 Å². The monoisotopic (exact) mass is 338 g/mol. The lowest BCUT2D eigenvalue weighted by Crippen LogP contribution is -2.12. The molecule has 0 bridgehead atoms. The van der Waals surface area contributed by atoms with Gasteiger partial charge in [0.25, 0.3) is 0 Å². The van der Waals surface area contributed by atoms with Gasteiger partial charge < -0.3 is 5.32 Å². The molecule has 1 heterocycles. The molecule has 1 N–H and O–H groups in total. The van der Waals surface area contributed by atoms with E-state index in [4.69, 9.17) is 4.98 Å². The largest absolute Gasteiger partial charge is 0.312 e. The van der Waals surface area contributed by atoms with Crippen molar-refractivity contribution in [1.82, 2.24) is 10.3 Å². The van der Waals surface area contributed by atoms with Crippen LogP contribution in [0.3, 0.4) is 0 Å². The Morgan fingerprint density at radius 2 is 2.16 bits per heavy atom. The van der Waals surface area contributed by atoms with Crippen molar-refractivity contribution in [2.75, 3.05) is 6.54 Å². The third-order valence-corrected chi connectivity index (χ3v) is 4.50. The summed E-state index contributed by atoms with van der Waals surface area (Å²) in [5.74, 6) is 0.464. The first-order valence-electron chi connectivity index (χ1n) is 6.58. The fourth-order valence-corrected chi connectivity index (χ4v) is 3.51. The summed E-state index contributed by atoms with van der Waals surface area (Å²) in [5, 5.41) is 4.51. The van der Waals surface area contributed by atoms with E-state index in [1.807, 2.05) is 6.07 Å². The summed E-state index contributed by atoms with van der Waals surface area (Å²) in [6, 6.07) is 8.34. The van der Waals surface area contributed by atoms with Crippen molar-refractivity contribution in [3.8, 4) is 10.6 Å². The van der Waals surface area contributed by atoms with Gasteiger partial charge in [-0.2, -0.15) is 0 Å². The summed E-state index contributed by atoms with van der Waals surface area (Å²) in [5.41, 5.74) is 2.41. The highest BCUT2D eigenvalue weighted by Crippen LogP contribution is 2.32. The van der Waals surface area contributed by atoms with Gasteiger partial charge in [-0.1, -0.05) is 48.8 Å². The molecule has 2 rings (SSSR count). The molecule has 4 heteroatoms. The molecule has 0 saturated carbocycles. The SMILES string of the molecule is CCNCc1sc(-c2cccc(Br)c2)nc1C(C)C. The van der Waals surface area contributed by atoms with Crippen LogP contribution in [0.15, 0.2) is 28.7 Å². The average Bonchev–Trinajstić information content (AvgIpc) is 2.80. The molecule has 0 unspecified atom stereocenters. The Balaban J connectivity index is 2.36. The maximum absolute atomic E-state index is 4.83. The number of halogens is 1. The highest BCUT2D eigenvalue weighted by atomic mass is 79.9. The predicted octanol–water partition coefficient (Wildman–Crippen LogP) is 4.81. The molecule has 1 aromatic carbocycles. The van der Waals surface area contributed by atoms with E-state index in [2.05, 4.69) is 60.2 Å². The molecule has 0 saturated heterocycles. The van der Waals surface area contributed by atoms with E-state index in [9.17, 15) is 0 Å². The molecular formula is C15H19BrN2S. The summed E-state index contributed by atoms with van der Waals surface area (Å²) in [4.78, 5) is 6.19. The highest BCUT2D eigenvalue weighted by Gasteiger charge is 2.14. The molecule has 102 valence electrons. The van der Waals surface area contributed by atoms with Crippen LogP contribution >= 0.6 is 27.3 Å². The van der Waals surface area contributed by atoms with E-state index < -0.39 is 0 Å². The van der Waals surface area contributed by atoms with Crippen LogP contribution in [-0.2, 0) is 6.54 Å². The molecular weight excluding hydrogens is 320 g/mol. The van der Waals surface area contributed by atoms with Crippen molar-refractivity contribution in [3.05, 3.63) is 39.3 Å². The Morgan fingerprint density at radius 3 is 2.79 bits per heavy atom. The van der Waals surface area contributed by atoms with Crippen LogP contribution in [0, 0.1) is 0 Å². The van der Waals surface area contributed by atoms with Gasteiger partial charge in [0.05, 0.1) is 5.69 Å². The molecule has 0 aliphatic rings. The third kappa shape index (κ3) is 3.65. The van der Waals surface area contributed by atoms with Crippen LogP contribution in [0.25, 0.3) is 10.6 Å². The lowest BCUT2D eigenvalue weighted by atomic mass is 10.1. The molecule has 2 nitrogen and oxygen atoms in total. The molecule has 1 aromatic heterocycles. The second kappa shape index (κ2) is 6.64. The zero-order chi connectivity index (χ0) is 13.8. The second-order valence-corrected chi connectivity index (χ2v) is 6.77. The first-order valence-corrected chi connectivity index (χ1v) is 8.19. The van der Waals surface area contributed by atoms with Gasteiger partial charge in [-0.3, -0.25) is 0 Å². The summed E-state index contributed by atoms with van der Waals surface area (Å²) in [7, 11) is 0. The third-order valence-electron chi connectivity index (χ3n) is 2.88. The van der Waals surface area contributed by atoms with Crippen LogP contribution in [0.1, 0.15) is 37.3 Å². The van der Waals surface area contributed by atoms with Crippen molar-refractivity contribution in [1.29, 1.82) is 0 Å². The number of benzene rings is 1. The minimum atomic E-state index is 0.464. The fourth-order valence-electron chi connectivity index (χ4n) is 1.92. The zero-order valence-electron chi connectivity index (χ0n) is 11.5. The number of thiazole rings is 1. The van der Waals surface area contributed by atoms with E-state index in [0.29, 0.717) is 5.92 Å². The standard InChI is InChI=1S/C15H19BrN2S/c1-4-17-9-13-14(10(2)3)18-15(19-13)11-6-5-7-12(16)8-11/h5-8,10,17H,4,9H2,1-3H3. The number of rotatable bonds is 5. The first kappa shape index (κ1) is 14.7. The molecule has 19 heavy (non-hydrogen) atoms. The van der Waals surface area contributed by atoms with Crippen LogP contribution in [0.2, 0.25) is 0 Å². The van der Waals surface area contributed by atoms with Crippen molar-refractivity contribution in [3.63, 3.8) is 0 Å². The topological polar surface area (TPSA) is 24.9 Å². The van der Waals surface area contributed by atoms with Gasteiger partial charge in [0, 0.05) is 21.5 Å². The van der Waals surface area contributed by atoms with Gasteiger partial charge in [0.15, 0.2) is 0 Å². The minimum Gasteiger partial charge on any atom is -0.312 e. The van der Waals surface area contributed by atoms with Gasteiger partial charge in [-0.05, 0) is 24.6 Å². The number of aromatic nitrogens is 1. The Labute approximate surface area is 127 Å². The van der Waals surface area contributed by atoms with E-state index in [0.717, 1.165) is 22.6 Å². The van der Waals surface area contributed by atoms with E-state index >= 15 is 0 Å².